The third-order valence-corrected chi connectivity index (χ3v) is 12.4. The zero-order valence-corrected chi connectivity index (χ0v) is 22.5. The van der Waals surface area contributed by atoms with Gasteiger partial charge in [-0.15, -0.1) is 0 Å². The standard InChI is InChI=1S/C30H48O3/c1-18(17-22(31)25-27(4,5)33-25)19-11-15-30(8)21-9-10-23-26(2,3)24(32)13-14-28(23,6)20(21)12-16-29(19,30)7/h9,18-20,22-23,25,31H,10-17H2,1-8H3/t18?,19-,20?,22?,23?,25?,28?,29-,30?/m0/s1. The number of carbonyl (C=O) groups excluding carboxylic acids is 1. The number of hydrogen-bond donors (Lipinski definition) is 1. The van der Waals surface area contributed by atoms with E-state index >= 15 is 0 Å². The van der Waals surface area contributed by atoms with E-state index in [1.54, 1.807) is 5.57 Å². The summed E-state index contributed by atoms with van der Waals surface area (Å²) >= 11 is 0. The molecule has 1 N–H and O–H groups in total. The summed E-state index contributed by atoms with van der Waals surface area (Å²) in [5.74, 6) is 2.73. The lowest BCUT2D eigenvalue weighted by Gasteiger charge is -2.63. The summed E-state index contributed by atoms with van der Waals surface area (Å²) in [6, 6.07) is 0. The highest BCUT2D eigenvalue weighted by molar-refractivity contribution is 5.85. The normalized spacial score (nSPS) is 49.4. The van der Waals surface area contributed by atoms with Crippen molar-refractivity contribution in [2.75, 3.05) is 0 Å². The smallest absolute Gasteiger partial charge is 0.138 e. The maximum atomic E-state index is 12.8. The lowest BCUT2D eigenvalue weighted by Crippen LogP contribution is -2.57. The Hall–Kier alpha value is -0.670. The lowest BCUT2D eigenvalue weighted by atomic mass is 9.41. The Labute approximate surface area is 202 Å². The van der Waals surface area contributed by atoms with Gasteiger partial charge in [0.2, 0.25) is 0 Å². The van der Waals surface area contributed by atoms with Crippen molar-refractivity contribution in [3.8, 4) is 0 Å². The Bertz CT molecular complexity index is 870. The first-order chi connectivity index (χ1) is 15.2. The van der Waals surface area contributed by atoms with E-state index in [2.05, 4.69) is 61.5 Å². The molecule has 0 bridgehead atoms. The minimum atomic E-state index is -0.350. The average molecular weight is 457 g/mol. The Morgan fingerprint density at radius 1 is 1.06 bits per heavy atom. The molecule has 3 saturated carbocycles. The molecule has 0 aromatic heterocycles. The van der Waals surface area contributed by atoms with Gasteiger partial charge in [-0.25, -0.2) is 0 Å². The van der Waals surface area contributed by atoms with Crippen LogP contribution >= 0.6 is 0 Å². The molecule has 1 aliphatic heterocycles. The number of ketones is 1. The minimum absolute atomic E-state index is 0.00609. The van der Waals surface area contributed by atoms with Gasteiger partial charge in [0, 0.05) is 11.8 Å². The van der Waals surface area contributed by atoms with E-state index in [-0.39, 0.29) is 39.5 Å². The van der Waals surface area contributed by atoms with Gasteiger partial charge in [0.1, 0.15) is 11.9 Å². The van der Waals surface area contributed by atoms with Crippen LogP contribution in [0.3, 0.4) is 0 Å². The second-order valence-corrected chi connectivity index (χ2v) is 14.5. The zero-order chi connectivity index (χ0) is 24.2. The van der Waals surface area contributed by atoms with Crippen LogP contribution in [0, 0.1) is 45.3 Å². The monoisotopic (exact) mass is 456 g/mol. The largest absolute Gasteiger partial charge is 0.390 e. The fourth-order valence-electron chi connectivity index (χ4n) is 9.97. The van der Waals surface area contributed by atoms with Gasteiger partial charge in [-0.05, 0) is 98.7 Å². The summed E-state index contributed by atoms with van der Waals surface area (Å²) in [6.45, 7) is 18.7. The molecule has 7 unspecified atom stereocenters. The number of rotatable bonds is 4. The molecule has 1 heterocycles. The van der Waals surface area contributed by atoms with Crippen molar-refractivity contribution in [2.45, 2.75) is 125 Å². The molecule has 1 saturated heterocycles. The summed E-state index contributed by atoms with van der Waals surface area (Å²) in [4.78, 5) is 12.8. The van der Waals surface area contributed by atoms with E-state index in [1.165, 1.54) is 25.7 Å². The number of epoxide rings is 1. The van der Waals surface area contributed by atoms with Crippen LogP contribution in [0.15, 0.2) is 11.6 Å². The van der Waals surface area contributed by atoms with Crippen molar-refractivity contribution < 1.29 is 14.6 Å². The topological polar surface area (TPSA) is 49.8 Å². The van der Waals surface area contributed by atoms with Gasteiger partial charge in [0.15, 0.2) is 0 Å². The number of allylic oxidation sites excluding steroid dienone is 2. The van der Waals surface area contributed by atoms with E-state index in [9.17, 15) is 9.90 Å². The van der Waals surface area contributed by atoms with Gasteiger partial charge in [0.25, 0.3) is 0 Å². The van der Waals surface area contributed by atoms with Crippen LogP contribution in [-0.2, 0) is 9.53 Å². The quantitative estimate of drug-likeness (QED) is 0.377. The Morgan fingerprint density at radius 2 is 1.73 bits per heavy atom. The molecular weight excluding hydrogens is 408 g/mol. The third-order valence-electron chi connectivity index (χ3n) is 12.4. The third kappa shape index (κ3) is 3.16. The first-order valence-electron chi connectivity index (χ1n) is 13.8. The number of ether oxygens (including phenoxy) is 1. The molecule has 0 radical (unpaired) electrons. The Balaban J connectivity index is 1.41. The van der Waals surface area contributed by atoms with Gasteiger partial charge in [0.05, 0.1) is 11.7 Å². The molecule has 0 amide bonds. The van der Waals surface area contributed by atoms with Crippen LogP contribution in [0.25, 0.3) is 0 Å². The van der Waals surface area contributed by atoms with Gasteiger partial charge in [-0.2, -0.15) is 0 Å². The zero-order valence-electron chi connectivity index (χ0n) is 22.5. The van der Waals surface area contributed by atoms with Crippen LogP contribution in [0.5, 0.6) is 0 Å². The second kappa shape index (κ2) is 7.19. The van der Waals surface area contributed by atoms with Crippen LogP contribution in [0.1, 0.15) is 107 Å². The minimum Gasteiger partial charge on any atom is -0.390 e. The van der Waals surface area contributed by atoms with E-state index in [4.69, 9.17) is 4.74 Å². The van der Waals surface area contributed by atoms with Crippen LogP contribution in [0.2, 0.25) is 0 Å². The average Bonchev–Trinajstić information content (AvgIpc) is 3.26. The van der Waals surface area contributed by atoms with Gasteiger partial charge >= 0.3 is 0 Å². The molecule has 5 rings (SSSR count). The van der Waals surface area contributed by atoms with Crippen LogP contribution in [0.4, 0.5) is 0 Å². The van der Waals surface area contributed by atoms with E-state index < -0.39 is 0 Å². The molecular formula is C30H48O3. The van der Waals surface area contributed by atoms with Crippen molar-refractivity contribution >= 4 is 5.78 Å². The summed E-state index contributed by atoms with van der Waals surface area (Å²) < 4.78 is 5.75. The van der Waals surface area contributed by atoms with Crippen molar-refractivity contribution in [3.63, 3.8) is 0 Å². The van der Waals surface area contributed by atoms with Crippen LogP contribution in [-0.4, -0.2) is 28.7 Å². The molecule has 186 valence electrons. The van der Waals surface area contributed by atoms with Crippen LogP contribution < -0.4 is 0 Å². The van der Waals surface area contributed by atoms with Crippen molar-refractivity contribution in [1.29, 1.82) is 0 Å². The number of aliphatic hydroxyl groups excluding tert-OH is 1. The molecule has 9 atom stereocenters. The molecule has 3 heteroatoms. The summed E-state index contributed by atoms with van der Waals surface area (Å²) in [6.07, 6.45) is 11.1. The predicted octanol–water partition coefficient (Wildman–Crippen LogP) is 6.73. The molecule has 3 nitrogen and oxygen atoms in total. The summed E-state index contributed by atoms with van der Waals surface area (Å²) in [5.41, 5.74) is 2.17. The number of fused-ring (bicyclic) bond motifs is 5. The molecule has 4 fully saturated rings. The first kappa shape index (κ1) is 24.0. The summed E-state index contributed by atoms with van der Waals surface area (Å²) in [5, 5.41) is 10.9. The summed E-state index contributed by atoms with van der Waals surface area (Å²) in [7, 11) is 0. The molecule has 0 aromatic carbocycles. The molecule has 0 spiro atoms. The SMILES string of the molecule is CC(CC(O)C1OC1(C)C)[C@@H]1CCC2(C)C3=CCC4C(C)(C)C(=O)CCC4(C)C3CC[C@@]12C. The number of Topliss-reactive ketones (excluding diaryl/α,β-unsaturated/α-hetero) is 1. The number of aliphatic hydroxyl groups is 1. The fourth-order valence-corrected chi connectivity index (χ4v) is 9.97. The lowest BCUT2D eigenvalue weighted by molar-refractivity contribution is -0.146. The molecule has 5 aliphatic rings. The number of carbonyl (C=O) groups is 1. The van der Waals surface area contributed by atoms with E-state index in [1.807, 2.05) is 0 Å². The van der Waals surface area contributed by atoms with Gasteiger partial charge < -0.3 is 9.84 Å². The fraction of sp³-hybridized carbons (Fsp3) is 0.900. The number of hydrogen-bond acceptors (Lipinski definition) is 3. The second-order valence-electron chi connectivity index (χ2n) is 14.5. The van der Waals surface area contributed by atoms with E-state index in [0.29, 0.717) is 29.5 Å². The maximum absolute atomic E-state index is 12.8. The molecule has 33 heavy (non-hydrogen) atoms. The highest BCUT2D eigenvalue weighted by Crippen LogP contribution is 2.73. The highest BCUT2D eigenvalue weighted by atomic mass is 16.6. The Kier molecular flexibility index (Phi) is 5.24. The van der Waals surface area contributed by atoms with E-state index in [0.717, 1.165) is 25.7 Å². The van der Waals surface area contributed by atoms with Gasteiger partial charge in [-0.3, -0.25) is 4.79 Å². The predicted molar refractivity (Wildman–Crippen MR) is 133 cm³/mol. The first-order valence-corrected chi connectivity index (χ1v) is 13.8. The van der Waals surface area contributed by atoms with Crippen molar-refractivity contribution in [3.05, 3.63) is 11.6 Å². The van der Waals surface area contributed by atoms with Crippen molar-refractivity contribution in [2.24, 2.45) is 45.3 Å². The Morgan fingerprint density at radius 3 is 2.36 bits per heavy atom. The van der Waals surface area contributed by atoms with Gasteiger partial charge in [-0.1, -0.05) is 53.2 Å². The molecule has 0 aromatic rings. The molecule has 4 aliphatic carbocycles. The maximum Gasteiger partial charge on any atom is 0.138 e. The van der Waals surface area contributed by atoms with Crippen molar-refractivity contribution in [1.82, 2.24) is 0 Å². The highest BCUT2D eigenvalue weighted by Gasteiger charge is 2.65.